The lowest BCUT2D eigenvalue weighted by atomic mass is 10.1. The highest BCUT2D eigenvalue weighted by Gasteiger charge is 2.27. The van der Waals surface area contributed by atoms with Gasteiger partial charge in [0.25, 0.3) is 0 Å². The summed E-state index contributed by atoms with van der Waals surface area (Å²) in [4.78, 5) is 20.2. The summed E-state index contributed by atoms with van der Waals surface area (Å²) in [5.74, 6) is 0.400. The minimum Gasteiger partial charge on any atom is -0.337 e. The number of sulfonamides is 1. The first-order valence-electron chi connectivity index (χ1n) is 8.96. The van der Waals surface area contributed by atoms with Gasteiger partial charge in [-0.05, 0) is 48.4 Å². The lowest BCUT2D eigenvalue weighted by molar-refractivity contribution is -0.129. The van der Waals surface area contributed by atoms with Crippen molar-refractivity contribution in [3.63, 3.8) is 0 Å². The molecule has 2 aliphatic heterocycles. The van der Waals surface area contributed by atoms with Gasteiger partial charge in [0.1, 0.15) is 4.90 Å². The summed E-state index contributed by atoms with van der Waals surface area (Å²) in [6, 6.07) is 5.37. The van der Waals surface area contributed by atoms with Crippen LogP contribution in [0.4, 0.5) is 0 Å². The van der Waals surface area contributed by atoms with Gasteiger partial charge >= 0.3 is 0 Å². The summed E-state index contributed by atoms with van der Waals surface area (Å²) in [7, 11) is -3.44. The second-order valence-electron chi connectivity index (χ2n) is 6.67. The van der Waals surface area contributed by atoms with Crippen molar-refractivity contribution in [2.24, 2.45) is 0 Å². The molecule has 2 aliphatic rings. The van der Waals surface area contributed by atoms with Gasteiger partial charge in [0.05, 0.1) is 10.8 Å². The van der Waals surface area contributed by atoms with Crippen molar-refractivity contribution in [3.05, 3.63) is 40.2 Å². The van der Waals surface area contributed by atoms with E-state index in [2.05, 4.69) is 16.4 Å². The molecule has 27 heavy (non-hydrogen) atoms. The number of carbonyl (C=O) groups excluding carboxylic acids is 1. The van der Waals surface area contributed by atoms with Crippen LogP contribution in [0.3, 0.4) is 0 Å². The minimum absolute atomic E-state index is 0.0902. The number of pyridine rings is 1. The van der Waals surface area contributed by atoms with Gasteiger partial charge in [-0.15, -0.1) is 11.3 Å². The minimum atomic E-state index is -3.44. The number of carbonyl (C=O) groups is 1. The summed E-state index contributed by atoms with van der Waals surface area (Å²) < 4.78 is 26.5. The van der Waals surface area contributed by atoms with Crippen LogP contribution in [0.2, 0.25) is 0 Å². The zero-order valence-corrected chi connectivity index (χ0v) is 17.3. The molecule has 6 nitrogen and oxygen atoms in total. The maximum atomic E-state index is 12.5. The van der Waals surface area contributed by atoms with Gasteiger partial charge in [-0.3, -0.25) is 4.79 Å². The van der Waals surface area contributed by atoms with Crippen molar-refractivity contribution in [1.82, 2.24) is 14.2 Å². The van der Waals surface area contributed by atoms with E-state index in [9.17, 15) is 13.2 Å². The van der Waals surface area contributed by atoms with Gasteiger partial charge in [-0.25, -0.2) is 13.4 Å². The Morgan fingerprint density at radius 3 is 2.74 bits per heavy atom. The zero-order chi connectivity index (χ0) is 18.9. The molecule has 9 heteroatoms. The van der Waals surface area contributed by atoms with Crippen LogP contribution in [0.15, 0.2) is 39.7 Å². The molecule has 0 spiro atoms. The Bertz CT molecular complexity index is 919. The van der Waals surface area contributed by atoms with E-state index in [4.69, 9.17) is 0 Å². The highest BCUT2D eigenvalue weighted by Crippen LogP contribution is 2.26. The molecule has 1 amide bonds. The molecule has 2 aromatic heterocycles. The first-order valence-corrected chi connectivity index (χ1v) is 12.3. The van der Waals surface area contributed by atoms with Crippen molar-refractivity contribution < 1.29 is 13.2 Å². The van der Waals surface area contributed by atoms with Crippen molar-refractivity contribution >= 4 is 39.0 Å². The quantitative estimate of drug-likeness (QED) is 0.692. The number of hydrogen-bond acceptors (Lipinski definition) is 6. The number of thioether (sulfide) groups is 1. The summed E-state index contributed by atoms with van der Waals surface area (Å²) in [6.45, 7) is 2.59. The van der Waals surface area contributed by atoms with Crippen molar-refractivity contribution in [2.45, 2.75) is 35.7 Å². The van der Waals surface area contributed by atoms with E-state index in [0.717, 1.165) is 25.8 Å². The molecule has 1 saturated heterocycles. The Labute approximate surface area is 167 Å². The number of amides is 1. The molecule has 144 valence electrons. The molecule has 0 saturated carbocycles. The fraction of sp³-hybridized carbons (Fsp3) is 0.444. The normalized spacial score (nSPS) is 17.9. The molecule has 0 unspecified atom stereocenters. The van der Waals surface area contributed by atoms with Gasteiger partial charge in [0.2, 0.25) is 15.9 Å². The predicted octanol–water partition coefficient (Wildman–Crippen LogP) is 2.60. The molecular formula is C18H21N3O3S3. The monoisotopic (exact) mass is 423 g/mol. The Kier molecular flexibility index (Phi) is 5.54. The predicted molar refractivity (Wildman–Crippen MR) is 106 cm³/mol. The van der Waals surface area contributed by atoms with Crippen LogP contribution in [0, 0.1) is 0 Å². The first kappa shape index (κ1) is 18.9. The number of rotatable bonds is 5. The van der Waals surface area contributed by atoms with E-state index in [0.29, 0.717) is 30.4 Å². The van der Waals surface area contributed by atoms with Gasteiger partial charge in [-0.1, -0.05) is 11.8 Å². The van der Waals surface area contributed by atoms with Crippen LogP contribution in [0.5, 0.6) is 0 Å². The number of aromatic nitrogens is 1. The average molecular weight is 424 g/mol. The molecule has 0 atom stereocenters. The maximum absolute atomic E-state index is 12.5. The van der Waals surface area contributed by atoms with Crippen molar-refractivity contribution in [3.8, 4) is 0 Å². The number of thiophene rings is 1. The van der Waals surface area contributed by atoms with E-state index >= 15 is 0 Å². The lowest BCUT2D eigenvalue weighted by Crippen LogP contribution is -2.36. The highest BCUT2D eigenvalue weighted by atomic mass is 32.2. The van der Waals surface area contributed by atoms with Crippen LogP contribution < -0.4 is 0 Å². The van der Waals surface area contributed by atoms with Gasteiger partial charge < -0.3 is 4.90 Å². The molecule has 4 heterocycles. The van der Waals surface area contributed by atoms with Crippen LogP contribution >= 0.6 is 23.1 Å². The topological polar surface area (TPSA) is 70.6 Å². The Balaban J connectivity index is 1.34. The number of nitrogens with zero attached hydrogens (tertiary/aromatic N) is 3. The van der Waals surface area contributed by atoms with Gasteiger partial charge in [0, 0.05) is 37.3 Å². The first-order chi connectivity index (χ1) is 13.0. The molecule has 0 N–H and O–H groups in total. The standard InChI is InChI=1S/C18H21N3O3S3/c22-18(20-9-5-16-14(12-20)6-10-25-16)13-26-17-4-3-15(11-19-17)27(23,24)21-7-1-2-8-21/h3-4,6,10-11H,1-2,5,7-9,12-13H2. The van der Waals surface area contributed by atoms with E-state index in [1.807, 2.05) is 4.90 Å². The van der Waals surface area contributed by atoms with E-state index < -0.39 is 10.0 Å². The van der Waals surface area contributed by atoms with Gasteiger partial charge in [0.15, 0.2) is 0 Å². The fourth-order valence-electron chi connectivity index (χ4n) is 3.37. The maximum Gasteiger partial charge on any atom is 0.244 e. The SMILES string of the molecule is O=C(CSc1ccc(S(=O)(=O)N2CCCC2)cn1)N1CCc2sccc2C1. The van der Waals surface area contributed by atoms with E-state index in [1.54, 1.807) is 23.5 Å². The third kappa shape index (κ3) is 4.06. The Morgan fingerprint density at radius 1 is 1.19 bits per heavy atom. The van der Waals surface area contributed by atoms with Crippen LogP contribution in [-0.2, 0) is 27.8 Å². The Hall–Kier alpha value is -1.42. The van der Waals surface area contributed by atoms with E-state index in [1.165, 1.54) is 32.7 Å². The van der Waals surface area contributed by atoms with Crippen molar-refractivity contribution in [2.75, 3.05) is 25.4 Å². The van der Waals surface area contributed by atoms with Crippen LogP contribution in [0.1, 0.15) is 23.3 Å². The number of hydrogen-bond donors (Lipinski definition) is 0. The van der Waals surface area contributed by atoms with Crippen molar-refractivity contribution in [1.29, 1.82) is 0 Å². The third-order valence-corrected chi connectivity index (χ3v) is 8.75. The summed E-state index contributed by atoms with van der Waals surface area (Å²) in [5.41, 5.74) is 1.25. The second kappa shape index (κ2) is 7.90. The third-order valence-electron chi connectivity index (χ3n) is 4.92. The van der Waals surface area contributed by atoms with Gasteiger partial charge in [-0.2, -0.15) is 4.31 Å². The summed E-state index contributed by atoms with van der Waals surface area (Å²) >= 11 is 3.10. The second-order valence-corrected chi connectivity index (χ2v) is 10.6. The number of fused-ring (bicyclic) bond motifs is 1. The molecular weight excluding hydrogens is 402 g/mol. The van der Waals surface area contributed by atoms with Crippen LogP contribution in [-0.4, -0.2) is 53.9 Å². The molecule has 0 bridgehead atoms. The average Bonchev–Trinajstić information content (AvgIpc) is 3.37. The molecule has 2 aromatic rings. The largest absolute Gasteiger partial charge is 0.337 e. The van der Waals surface area contributed by atoms with Crippen LogP contribution in [0.25, 0.3) is 0 Å². The zero-order valence-electron chi connectivity index (χ0n) is 14.8. The van der Waals surface area contributed by atoms with E-state index in [-0.39, 0.29) is 10.8 Å². The molecule has 0 aromatic carbocycles. The molecule has 1 fully saturated rings. The molecule has 0 aliphatic carbocycles. The fourth-order valence-corrected chi connectivity index (χ4v) is 6.47. The smallest absolute Gasteiger partial charge is 0.244 e. The Morgan fingerprint density at radius 2 is 2.00 bits per heavy atom. The lowest BCUT2D eigenvalue weighted by Gasteiger charge is -2.26. The molecule has 4 rings (SSSR count). The summed E-state index contributed by atoms with van der Waals surface area (Å²) in [5, 5.41) is 2.74. The summed E-state index contributed by atoms with van der Waals surface area (Å²) in [6.07, 6.45) is 4.14. The highest BCUT2D eigenvalue weighted by molar-refractivity contribution is 7.99. The molecule has 0 radical (unpaired) electrons.